The van der Waals surface area contributed by atoms with Gasteiger partial charge in [-0.2, -0.15) is 0 Å². The number of carbonyl (C=O) groups is 2. The third kappa shape index (κ3) is 8.12. The highest BCUT2D eigenvalue weighted by atomic mass is 32.2. The Morgan fingerprint density at radius 3 is 2.38 bits per heavy atom. The van der Waals surface area contributed by atoms with Crippen molar-refractivity contribution in [3.05, 3.63) is 84.4 Å². The van der Waals surface area contributed by atoms with Crippen molar-refractivity contribution in [2.45, 2.75) is 62.0 Å². The molecule has 0 spiro atoms. The lowest BCUT2D eigenvalue weighted by Crippen LogP contribution is -2.24. The molecule has 1 fully saturated rings. The SMILES string of the molecule is CCCCOc1ccc(NC(=O)C(Sc2cccc(NC(=O)C3CCCCC3)c2)c2ccccc2)cc1. The first-order chi connectivity index (χ1) is 18.1. The molecule has 1 atom stereocenters. The highest BCUT2D eigenvalue weighted by Crippen LogP contribution is 2.37. The molecule has 0 aliphatic heterocycles. The van der Waals surface area contributed by atoms with Crippen molar-refractivity contribution in [1.29, 1.82) is 0 Å². The van der Waals surface area contributed by atoms with Crippen molar-refractivity contribution in [3.8, 4) is 5.75 Å². The lowest BCUT2D eigenvalue weighted by molar-refractivity contribution is -0.120. The number of ether oxygens (including phenoxy) is 1. The van der Waals surface area contributed by atoms with E-state index in [2.05, 4.69) is 17.6 Å². The molecule has 3 aromatic rings. The first-order valence-corrected chi connectivity index (χ1v) is 14.2. The van der Waals surface area contributed by atoms with E-state index >= 15 is 0 Å². The second-order valence-corrected chi connectivity index (χ2v) is 10.7. The third-order valence-corrected chi connectivity index (χ3v) is 7.81. The van der Waals surface area contributed by atoms with Crippen LogP contribution in [-0.4, -0.2) is 18.4 Å². The fraction of sp³-hybridized carbons (Fsp3) is 0.355. The monoisotopic (exact) mass is 516 g/mol. The van der Waals surface area contributed by atoms with Gasteiger partial charge in [0.05, 0.1) is 6.61 Å². The Balaban J connectivity index is 1.44. The summed E-state index contributed by atoms with van der Waals surface area (Å²) in [5, 5.41) is 5.70. The maximum absolute atomic E-state index is 13.4. The molecule has 5 nitrogen and oxygen atoms in total. The van der Waals surface area contributed by atoms with Gasteiger partial charge in [-0.05, 0) is 67.3 Å². The van der Waals surface area contributed by atoms with Crippen LogP contribution in [0.2, 0.25) is 0 Å². The van der Waals surface area contributed by atoms with E-state index in [0.29, 0.717) is 6.61 Å². The van der Waals surface area contributed by atoms with Crippen molar-refractivity contribution < 1.29 is 14.3 Å². The number of rotatable bonds is 11. The summed E-state index contributed by atoms with van der Waals surface area (Å²) in [4.78, 5) is 27.1. The number of nitrogens with one attached hydrogen (secondary N) is 2. The number of hydrogen-bond acceptors (Lipinski definition) is 4. The first-order valence-electron chi connectivity index (χ1n) is 13.3. The molecule has 0 heterocycles. The summed E-state index contributed by atoms with van der Waals surface area (Å²) in [7, 11) is 0. The van der Waals surface area contributed by atoms with Gasteiger partial charge in [0.1, 0.15) is 11.0 Å². The summed E-state index contributed by atoms with van der Waals surface area (Å²) in [5.41, 5.74) is 2.41. The van der Waals surface area contributed by atoms with E-state index in [1.165, 1.54) is 18.2 Å². The topological polar surface area (TPSA) is 67.4 Å². The molecular formula is C31H36N2O3S. The first kappa shape index (κ1) is 26.8. The molecule has 37 heavy (non-hydrogen) atoms. The molecule has 1 aliphatic carbocycles. The number of benzene rings is 3. The number of carbonyl (C=O) groups excluding carboxylic acids is 2. The number of hydrogen-bond donors (Lipinski definition) is 2. The lowest BCUT2D eigenvalue weighted by atomic mass is 9.88. The zero-order valence-corrected chi connectivity index (χ0v) is 22.3. The van der Waals surface area contributed by atoms with Gasteiger partial charge < -0.3 is 15.4 Å². The molecule has 0 radical (unpaired) electrons. The minimum Gasteiger partial charge on any atom is -0.494 e. The van der Waals surface area contributed by atoms with Crippen LogP contribution in [0.3, 0.4) is 0 Å². The largest absolute Gasteiger partial charge is 0.494 e. The maximum atomic E-state index is 13.4. The molecule has 0 bridgehead atoms. The van der Waals surface area contributed by atoms with E-state index in [1.807, 2.05) is 78.9 Å². The fourth-order valence-electron chi connectivity index (χ4n) is 4.47. The molecule has 1 unspecified atom stereocenters. The molecule has 0 aromatic heterocycles. The van der Waals surface area contributed by atoms with Gasteiger partial charge in [-0.1, -0.05) is 69.0 Å². The van der Waals surface area contributed by atoms with Gasteiger partial charge in [-0.15, -0.1) is 11.8 Å². The number of thioether (sulfide) groups is 1. The summed E-state index contributed by atoms with van der Waals surface area (Å²) in [6.45, 7) is 2.82. The standard InChI is InChI=1S/C31H36N2O3S/c1-2-3-21-36-27-19-17-25(18-20-27)32-31(35)29(23-11-6-4-7-12-23)37-28-16-10-15-26(22-28)33-30(34)24-13-8-5-9-14-24/h4,6-7,10-12,15-20,22,24,29H,2-3,5,8-9,13-14,21H2,1H3,(H,32,35)(H,33,34). The van der Waals surface area contributed by atoms with E-state index in [-0.39, 0.29) is 17.7 Å². The number of unbranched alkanes of at least 4 members (excludes halogenated alkanes) is 1. The molecular weight excluding hydrogens is 480 g/mol. The minimum absolute atomic E-state index is 0.0938. The second-order valence-electron chi connectivity index (χ2n) is 9.48. The molecule has 2 N–H and O–H groups in total. The number of anilines is 2. The highest BCUT2D eigenvalue weighted by molar-refractivity contribution is 8.00. The highest BCUT2D eigenvalue weighted by Gasteiger charge is 2.24. The average molecular weight is 517 g/mol. The minimum atomic E-state index is -0.453. The predicted molar refractivity (Wildman–Crippen MR) is 152 cm³/mol. The number of amides is 2. The van der Waals surface area contributed by atoms with E-state index in [9.17, 15) is 9.59 Å². The Hall–Kier alpha value is -3.25. The lowest BCUT2D eigenvalue weighted by Gasteiger charge is -2.21. The van der Waals surface area contributed by atoms with Crippen LogP contribution in [0.15, 0.2) is 83.8 Å². The van der Waals surface area contributed by atoms with Crippen molar-refractivity contribution >= 4 is 35.0 Å². The van der Waals surface area contributed by atoms with Gasteiger partial charge in [0.25, 0.3) is 0 Å². The van der Waals surface area contributed by atoms with Gasteiger partial charge >= 0.3 is 0 Å². The van der Waals surface area contributed by atoms with E-state index < -0.39 is 5.25 Å². The fourth-order valence-corrected chi connectivity index (χ4v) is 5.55. The maximum Gasteiger partial charge on any atom is 0.242 e. The molecule has 2 amide bonds. The van der Waals surface area contributed by atoms with E-state index in [0.717, 1.165) is 66.1 Å². The molecule has 1 saturated carbocycles. The molecule has 4 rings (SSSR count). The van der Waals surface area contributed by atoms with Gasteiger partial charge in [0.15, 0.2) is 0 Å². The Kier molecular flexibility index (Phi) is 10.1. The smallest absolute Gasteiger partial charge is 0.242 e. The molecule has 6 heteroatoms. The molecule has 3 aromatic carbocycles. The third-order valence-electron chi connectivity index (χ3n) is 6.56. The quantitative estimate of drug-likeness (QED) is 0.201. The van der Waals surface area contributed by atoms with Gasteiger partial charge in [-0.3, -0.25) is 9.59 Å². The van der Waals surface area contributed by atoms with Gasteiger partial charge in [0.2, 0.25) is 11.8 Å². The Morgan fingerprint density at radius 2 is 1.65 bits per heavy atom. The molecule has 1 aliphatic rings. The van der Waals surface area contributed by atoms with Crippen molar-refractivity contribution in [3.63, 3.8) is 0 Å². The predicted octanol–water partition coefficient (Wildman–Crippen LogP) is 7.86. The van der Waals surface area contributed by atoms with Crippen LogP contribution in [0.25, 0.3) is 0 Å². The summed E-state index contributed by atoms with van der Waals surface area (Å²) in [6.07, 6.45) is 7.48. The summed E-state index contributed by atoms with van der Waals surface area (Å²) in [6, 6.07) is 25.0. The van der Waals surface area contributed by atoms with E-state index in [1.54, 1.807) is 0 Å². The van der Waals surface area contributed by atoms with Crippen LogP contribution >= 0.6 is 11.8 Å². The summed E-state index contributed by atoms with van der Waals surface area (Å²) in [5.74, 6) is 0.887. The molecule has 194 valence electrons. The van der Waals surface area contributed by atoms with Gasteiger partial charge in [0, 0.05) is 22.2 Å². The van der Waals surface area contributed by atoms with Crippen LogP contribution in [0, 0.1) is 5.92 Å². The van der Waals surface area contributed by atoms with Crippen molar-refractivity contribution in [2.24, 2.45) is 5.92 Å². The summed E-state index contributed by atoms with van der Waals surface area (Å²) >= 11 is 1.47. The Morgan fingerprint density at radius 1 is 0.892 bits per heavy atom. The molecule has 0 saturated heterocycles. The van der Waals surface area contributed by atoms with Crippen LogP contribution < -0.4 is 15.4 Å². The second kappa shape index (κ2) is 13.9. The normalized spacial score (nSPS) is 14.5. The van der Waals surface area contributed by atoms with Crippen molar-refractivity contribution in [1.82, 2.24) is 0 Å². The average Bonchev–Trinajstić information content (AvgIpc) is 2.94. The summed E-state index contributed by atoms with van der Waals surface area (Å²) < 4.78 is 5.73. The van der Waals surface area contributed by atoms with Crippen LogP contribution in [0.4, 0.5) is 11.4 Å². The zero-order valence-electron chi connectivity index (χ0n) is 21.5. The van der Waals surface area contributed by atoms with E-state index in [4.69, 9.17) is 4.74 Å². The Bertz CT molecular complexity index is 1140. The van der Waals surface area contributed by atoms with Crippen LogP contribution in [-0.2, 0) is 9.59 Å². The van der Waals surface area contributed by atoms with Crippen LogP contribution in [0.1, 0.15) is 62.7 Å². The zero-order chi connectivity index (χ0) is 25.9. The Labute approximate surface area is 224 Å². The van der Waals surface area contributed by atoms with Crippen LogP contribution in [0.5, 0.6) is 5.75 Å². The van der Waals surface area contributed by atoms with Gasteiger partial charge in [-0.25, -0.2) is 0 Å². The van der Waals surface area contributed by atoms with Crippen molar-refractivity contribution in [2.75, 3.05) is 17.2 Å².